The third-order valence-electron chi connectivity index (χ3n) is 9.38. The smallest absolute Gasteiger partial charge is 0.161 e. The fourth-order valence-electron chi connectivity index (χ4n) is 7.70. The highest BCUT2D eigenvalue weighted by molar-refractivity contribution is 6.32. The van der Waals surface area contributed by atoms with Gasteiger partial charge in [-0.15, -0.1) is 0 Å². The summed E-state index contributed by atoms with van der Waals surface area (Å²) in [6, 6.07) is 0. The molecule has 0 bridgehead atoms. The van der Waals surface area contributed by atoms with Gasteiger partial charge in [-0.2, -0.15) is 0 Å². The van der Waals surface area contributed by atoms with Gasteiger partial charge >= 0.3 is 0 Å². The molecule has 5 aliphatic rings. The number of hydrogen-bond donors (Lipinski definition) is 1. The maximum absolute atomic E-state index is 12.3. The molecule has 0 saturated heterocycles. The van der Waals surface area contributed by atoms with Crippen LogP contribution in [-0.4, -0.2) is 16.5 Å². The summed E-state index contributed by atoms with van der Waals surface area (Å²) in [5.74, 6) is 2.51. The lowest BCUT2D eigenvalue weighted by Crippen LogP contribution is -2.56. The van der Waals surface area contributed by atoms with E-state index in [1.54, 1.807) is 6.92 Å². The van der Waals surface area contributed by atoms with Crippen molar-refractivity contribution in [2.75, 3.05) is 0 Å². The lowest BCUT2D eigenvalue weighted by Gasteiger charge is -2.57. The topological polar surface area (TPSA) is 37.3 Å². The largest absolute Gasteiger partial charge is 0.382 e. The van der Waals surface area contributed by atoms with Crippen LogP contribution in [0, 0.1) is 40.4 Å². The molecule has 26 heavy (non-hydrogen) atoms. The molecule has 0 heterocycles. The van der Waals surface area contributed by atoms with Crippen LogP contribution in [0.3, 0.4) is 0 Å². The Morgan fingerprint density at radius 1 is 1.23 bits per heavy atom. The van der Waals surface area contributed by atoms with Crippen molar-refractivity contribution in [3.05, 3.63) is 34.9 Å². The molecule has 0 radical (unpaired) electrons. The number of carbonyl (C=O) groups is 1. The molecule has 0 aromatic rings. The molecule has 0 aromatic carbocycles. The van der Waals surface area contributed by atoms with Gasteiger partial charge in [-0.1, -0.05) is 49.8 Å². The van der Waals surface area contributed by atoms with Gasteiger partial charge in [0.2, 0.25) is 0 Å². The van der Waals surface area contributed by atoms with E-state index in [0.717, 1.165) is 24.3 Å². The molecular weight excluding hydrogens is 344 g/mol. The summed E-state index contributed by atoms with van der Waals surface area (Å²) in [5.41, 5.74) is 1.18. The van der Waals surface area contributed by atoms with Crippen LogP contribution in [0.2, 0.25) is 0 Å². The van der Waals surface area contributed by atoms with E-state index in [1.165, 1.54) is 17.6 Å². The Labute approximate surface area is 161 Å². The maximum atomic E-state index is 12.3. The van der Waals surface area contributed by atoms with E-state index >= 15 is 0 Å². The average Bonchev–Trinajstić information content (AvgIpc) is 3.33. The quantitative estimate of drug-likeness (QED) is 0.701. The number of ketones is 1. The van der Waals surface area contributed by atoms with Crippen molar-refractivity contribution in [1.29, 1.82) is 0 Å². The van der Waals surface area contributed by atoms with Crippen molar-refractivity contribution in [3.63, 3.8) is 0 Å². The lowest BCUT2D eigenvalue weighted by molar-refractivity contribution is -0.156. The number of fused-ring (bicyclic) bond motifs is 7. The molecule has 0 aromatic heterocycles. The fourth-order valence-corrected chi connectivity index (χ4v) is 8.10. The number of aliphatic hydroxyl groups is 1. The highest BCUT2D eigenvalue weighted by Gasteiger charge is 2.68. The molecule has 3 fully saturated rings. The van der Waals surface area contributed by atoms with Crippen molar-refractivity contribution >= 4 is 17.4 Å². The van der Waals surface area contributed by atoms with Gasteiger partial charge in [-0.05, 0) is 74.2 Å². The molecule has 0 spiro atoms. The molecule has 8 atom stereocenters. The van der Waals surface area contributed by atoms with Crippen molar-refractivity contribution in [2.45, 2.75) is 58.5 Å². The third kappa shape index (κ3) is 1.77. The second kappa shape index (κ2) is 4.94. The van der Waals surface area contributed by atoms with E-state index in [-0.39, 0.29) is 16.6 Å². The molecule has 3 saturated carbocycles. The number of halogens is 1. The highest BCUT2D eigenvalue weighted by atomic mass is 35.5. The Hall–Kier alpha value is -0.860. The predicted octanol–water partition coefficient (Wildman–Crippen LogP) is 5.02. The van der Waals surface area contributed by atoms with E-state index < -0.39 is 5.60 Å². The molecule has 1 N–H and O–H groups in total. The Bertz CT molecular complexity index is 794. The minimum absolute atomic E-state index is 0.0603. The molecule has 2 nitrogen and oxygen atoms in total. The molecule has 3 heteroatoms. The van der Waals surface area contributed by atoms with Crippen LogP contribution in [0.25, 0.3) is 0 Å². The van der Waals surface area contributed by atoms with Crippen molar-refractivity contribution in [2.24, 2.45) is 40.4 Å². The van der Waals surface area contributed by atoms with Gasteiger partial charge < -0.3 is 5.11 Å². The van der Waals surface area contributed by atoms with Crippen LogP contribution >= 0.6 is 11.6 Å². The number of carbonyl (C=O) groups excluding carboxylic acids is 1. The summed E-state index contributed by atoms with van der Waals surface area (Å²) >= 11 is 6.84. The van der Waals surface area contributed by atoms with Gasteiger partial charge in [0.25, 0.3) is 0 Å². The summed E-state index contributed by atoms with van der Waals surface area (Å²) in [5, 5.41) is 12.1. The van der Waals surface area contributed by atoms with Crippen LogP contribution in [0.15, 0.2) is 34.9 Å². The predicted molar refractivity (Wildman–Crippen MR) is 104 cm³/mol. The molecule has 5 unspecified atom stereocenters. The standard InChI is InChI=1S/C23H29ClO2/c1-12-9-19-20(24)11-15-16-6-8-23(26,13(2)25)21(16,3)7-5-17(15)22(19,4)18-10-14(12)18/h9,11,14-18,26H,1,5-8,10H2,2-4H3/t14?,15?,16?,17?,18?,21-,22-,23-/m0/s1. The number of rotatable bonds is 1. The van der Waals surface area contributed by atoms with Gasteiger partial charge in [0.05, 0.1) is 0 Å². The molecule has 0 aliphatic heterocycles. The van der Waals surface area contributed by atoms with Crippen molar-refractivity contribution in [3.8, 4) is 0 Å². The Balaban J connectivity index is 1.62. The van der Waals surface area contributed by atoms with E-state index in [2.05, 4.69) is 32.6 Å². The third-order valence-corrected chi connectivity index (χ3v) is 9.71. The van der Waals surface area contributed by atoms with Crippen LogP contribution in [0.4, 0.5) is 0 Å². The van der Waals surface area contributed by atoms with Gasteiger partial charge in [-0.3, -0.25) is 4.79 Å². The molecular formula is C23H29ClO2. The van der Waals surface area contributed by atoms with Gasteiger partial charge in [0, 0.05) is 15.9 Å². The van der Waals surface area contributed by atoms with Gasteiger partial charge in [-0.25, -0.2) is 0 Å². The lowest BCUT2D eigenvalue weighted by atomic mass is 9.47. The normalized spacial score (nSPS) is 54.3. The minimum Gasteiger partial charge on any atom is -0.382 e. The summed E-state index contributed by atoms with van der Waals surface area (Å²) in [4.78, 5) is 12.3. The van der Waals surface area contributed by atoms with Crippen LogP contribution in [0.1, 0.15) is 52.9 Å². The van der Waals surface area contributed by atoms with Crippen LogP contribution < -0.4 is 0 Å². The molecule has 0 amide bonds. The minimum atomic E-state index is -1.16. The average molecular weight is 373 g/mol. The van der Waals surface area contributed by atoms with E-state index in [9.17, 15) is 9.90 Å². The van der Waals surface area contributed by atoms with E-state index in [4.69, 9.17) is 11.6 Å². The molecule has 140 valence electrons. The Morgan fingerprint density at radius 2 is 1.92 bits per heavy atom. The fraction of sp³-hybridized carbons (Fsp3) is 0.696. The van der Waals surface area contributed by atoms with Crippen LogP contribution in [0.5, 0.6) is 0 Å². The highest BCUT2D eigenvalue weighted by Crippen LogP contribution is 2.73. The first-order valence-electron chi connectivity index (χ1n) is 10.2. The summed E-state index contributed by atoms with van der Waals surface area (Å²) < 4.78 is 0. The monoisotopic (exact) mass is 372 g/mol. The Morgan fingerprint density at radius 3 is 2.62 bits per heavy atom. The zero-order valence-electron chi connectivity index (χ0n) is 16.0. The first-order valence-corrected chi connectivity index (χ1v) is 10.5. The van der Waals surface area contributed by atoms with E-state index in [1.807, 2.05) is 0 Å². The van der Waals surface area contributed by atoms with E-state index in [0.29, 0.717) is 36.0 Å². The number of Topliss-reactive ketones (excluding diaryl/α,β-unsaturated/α-hetero) is 1. The second-order valence-corrected chi connectivity index (χ2v) is 10.5. The van der Waals surface area contributed by atoms with Crippen molar-refractivity contribution in [1.82, 2.24) is 0 Å². The summed E-state index contributed by atoms with van der Waals surface area (Å²) in [6.07, 6.45) is 9.28. The summed E-state index contributed by atoms with van der Waals surface area (Å²) in [7, 11) is 0. The maximum Gasteiger partial charge on any atom is 0.161 e. The van der Waals surface area contributed by atoms with Crippen LogP contribution in [-0.2, 0) is 4.79 Å². The van der Waals surface area contributed by atoms with Gasteiger partial charge in [0.15, 0.2) is 5.78 Å². The Kier molecular flexibility index (Phi) is 3.28. The zero-order valence-corrected chi connectivity index (χ0v) is 16.8. The first kappa shape index (κ1) is 17.3. The first-order chi connectivity index (χ1) is 12.1. The molecule has 5 aliphatic carbocycles. The summed E-state index contributed by atoms with van der Waals surface area (Å²) in [6.45, 7) is 10.4. The number of hydrogen-bond acceptors (Lipinski definition) is 2. The second-order valence-electron chi connectivity index (χ2n) is 10.1. The van der Waals surface area contributed by atoms with Gasteiger partial charge in [0.1, 0.15) is 5.60 Å². The zero-order chi connectivity index (χ0) is 18.6. The molecule has 5 rings (SSSR count). The SMILES string of the molecule is C=C1C=C2C(Cl)=CC3C(CC[C@@]4(C)C3CC[C@]4(O)C(C)=O)[C@@]2(C)C2CC12. The van der Waals surface area contributed by atoms with Crippen molar-refractivity contribution < 1.29 is 9.90 Å². The number of allylic oxidation sites excluding steroid dienone is 5.